The number of carbonyl (C=O) groups is 1. The number of anilines is 3. The zero-order chi connectivity index (χ0) is 18.4. The first-order chi connectivity index (χ1) is 12.6. The van der Waals surface area contributed by atoms with Crippen LogP contribution in [0, 0.1) is 12.8 Å². The SMILES string of the molecule is Cc1ccccc1NC(=O)CCNc1ccc(N2CCC(C)CC2)cc1. The number of nitrogens with zero attached hydrogens (tertiary/aromatic N) is 1. The van der Waals surface area contributed by atoms with Crippen molar-refractivity contribution in [2.75, 3.05) is 35.2 Å². The largest absolute Gasteiger partial charge is 0.385 e. The molecule has 3 rings (SSSR count). The van der Waals surface area contributed by atoms with E-state index in [1.165, 1.54) is 18.5 Å². The summed E-state index contributed by atoms with van der Waals surface area (Å²) in [5.74, 6) is 0.879. The van der Waals surface area contributed by atoms with Gasteiger partial charge in [-0.05, 0) is 61.6 Å². The Morgan fingerprint density at radius 1 is 1.08 bits per heavy atom. The zero-order valence-corrected chi connectivity index (χ0v) is 15.8. The Hall–Kier alpha value is -2.49. The van der Waals surface area contributed by atoms with E-state index in [1.807, 2.05) is 31.2 Å². The van der Waals surface area contributed by atoms with Crippen molar-refractivity contribution >= 4 is 23.0 Å². The highest BCUT2D eigenvalue weighted by molar-refractivity contribution is 5.91. The van der Waals surface area contributed by atoms with Crippen molar-refractivity contribution in [3.8, 4) is 0 Å². The molecule has 0 atom stereocenters. The quantitative estimate of drug-likeness (QED) is 0.795. The minimum atomic E-state index is 0.0332. The van der Waals surface area contributed by atoms with E-state index in [2.05, 4.69) is 46.7 Å². The Morgan fingerprint density at radius 3 is 2.46 bits per heavy atom. The smallest absolute Gasteiger partial charge is 0.226 e. The third-order valence-electron chi connectivity index (χ3n) is 5.12. The molecule has 2 aromatic rings. The van der Waals surface area contributed by atoms with Crippen molar-refractivity contribution in [1.29, 1.82) is 0 Å². The number of aryl methyl sites for hydroxylation is 1. The first-order valence-electron chi connectivity index (χ1n) is 9.56. The Balaban J connectivity index is 1.43. The molecule has 0 bridgehead atoms. The number of piperidine rings is 1. The third kappa shape index (κ3) is 5.01. The number of hydrogen-bond acceptors (Lipinski definition) is 3. The van der Waals surface area contributed by atoms with Gasteiger partial charge in [0, 0.05) is 43.1 Å². The van der Waals surface area contributed by atoms with Crippen LogP contribution in [0.3, 0.4) is 0 Å². The minimum Gasteiger partial charge on any atom is -0.385 e. The van der Waals surface area contributed by atoms with Gasteiger partial charge < -0.3 is 15.5 Å². The van der Waals surface area contributed by atoms with E-state index in [-0.39, 0.29) is 5.91 Å². The van der Waals surface area contributed by atoms with Crippen LogP contribution in [-0.2, 0) is 4.79 Å². The monoisotopic (exact) mass is 351 g/mol. The highest BCUT2D eigenvalue weighted by Gasteiger charge is 2.15. The summed E-state index contributed by atoms with van der Waals surface area (Å²) in [5, 5.41) is 6.30. The van der Waals surface area contributed by atoms with Crippen molar-refractivity contribution in [2.24, 2.45) is 5.92 Å². The van der Waals surface area contributed by atoms with E-state index in [4.69, 9.17) is 0 Å². The van der Waals surface area contributed by atoms with Gasteiger partial charge in [0.25, 0.3) is 0 Å². The van der Waals surface area contributed by atoms with Gasteiger partial charge in [0.1, 0.15) is 0 Å². The molecule has 4 heteroatoms. The molecule has 2 N–H and O–H groups in total. The topological polar surface area (TPSA) is 44.4 Å². The molecule has 2 aromatic carbocycles. The second-order valence-corrected chi connectivity index (χ2v) is 7.26. The van der Waals surface area contributed by atoms with Crippen LogP contribution in [0.5, 0.6) is 0 Å². The predicted molar refractivity (Wildman–Crippen MR) is 110 cm³/mol. The van der Waals surface area contributed by atoms with Gasteiger partial charge in [-0.3, -0.25) is 4.79 Å². The highest BCUT2D eigenvalue weighted by Crippen LogP contribution is 2.24. The molecule has 1 heterocycles. The summed E-state index contributed by atoms with van der Waals surface area (Å²) in [6.45, 7) is 7.25. The first kappa shape index (κ1) is 18.3. The van der Waals surface area contributed by atoms with Gasteiger partial charge in [0.2, 0.25) is 5.91 Å². The molecule has 0 aromatic heterocycles. The van der Waals surface area contributed by atoms with Crippen LogP contribution in [0.4, 0.5) is 17.1 Å². The number of para-hydroxylation sites is 1. The van der Waals surface area contributed by atoms with E-state index < -0.39 is 0 Å². The molecule has 4 nitrogen and oxygen atoms in total. The number of nitrogens with one attached hydrogen (secondary N) is 2. The van der Waals surface area contributed by atoms with Crippen LogP contribution in [0.2, 0.25) is 0 Å². The predicted octanol–water partition coefficient (Wildman–Crippen LogP) is 4.67. The lowest BCUT2D eigenvalue weighted by atomic mass is 9.99. The second kappa shape index (κ2) is 8.75. The molecule has 0 unspecified atom stereocenters. The van der Waals surface area contributed by atoms with Crippen LogP contribution in [0.1, 0.15) is 31.7 Å². The molecule has 1 fully saturated rings. The fourth-order valence-electron chi connectivity index (χ4n) is 3.30. The average Bonchev–Trinajstić information content (AvgIpc) is 2.65. The van der Waals surface area contributed by atoms with E-state index in [9.17, 15) is 4.79 Å². The van der Waals surface area contributed by atoms with Gasteiger partial charge in [0.15, 0.2) is 0 Å². The van der Waals surface area contributed by atoms with Crippen molar-refractivity contribution < 1.29 is 4.79 Å². The van der Waals surface area contributed by atoms with Crippen LogP contribution in [0.15, 0.2) is 48.5 Å². The van der Waals surface area contributed by atoms with E-state index in [1.54, 1.807) is 0 Å². The molecule has 1 aliphatic heterocycles. The maximum atomic E-state index is 12.1. The molecule has 138 valence electrons. The Morgan fingerprint density at radius 2 is 1.77 bits per heavy atom. The third-order valence-corrected chi connectivity index (χ3v) is 5.12. The molecule has 1 amide bonds. The minimum absolute atomic E-state index is 0.0332. The highest BCUT2D eigenvalue weighted by atomic mass is 16.1. The van der Waals surface area contributed by atoms with Crippen LogP contribution < -0.4 is 15.5 Å². The van der Waals surface area contributed by atoms with Gasteiger partial charge in [0.05, 0.1) is 0 Å². The zero-order valence-electron chi connectivity index (χ0n) is 15.8. The molecule has 26 heavy (non-hydrogen) atoms. The lowest BCUT2D eigenvalue weighted by Gasteiger charge is -2.32. The molecule has 0 aliphatic carbocycles. The summed E-state index contributed by atoms with van der Waals surface area (Å²) in [6, 6.07) is 16.4. The lowest BCUT2D eigenvalue weighted by molar-refractivity contribution is -0.115. The first-order valence-corrected chi connectivity index (χ1v) is 9.56. The van der Waals surface area contributed by atoms with Crippen molar-refractivity contribution in [3.63, 3.8) is 0 Å². The normalized spacial score (nSPS) is 14.9. The van der Waals surface area contributed by atoms with E-state index in [0.717, 1.165) is 35.9 Å². The number of hydrogen-bond donors (Lipinski definition) is 2. The lowest BCUT2D eigenvalue weighted by Crippen LogP contribution is -2.32. The van der Waals surface area contributed by atoms with Gasteiger partial charge in [-0.1, -0.05) is 25.1 Å². The van der Waals surface area contributed by atoms with Gasteiger partial charge in [-0.2, -0.15) is 0 Å². The summed E-state index contributed by atoms with van der Waals surface area (Å²) in [6.07, 6.45) is 2.99. The molecule has 0 saturated carbocycles. The van der Waals surface area contributed by atoms with Gasteiger partial charge in [-0.25, -0.2) is 0 Å². The Kier molecular flexibility index (Phi) is 6.16. The van der Waals surface area contributed by atoms with Crippen molar-refractivity contribution in [2.45, 2.75) is 33.1 Å². The van der Waals surface area contributed by atoms with Crippen molar-refractivity contribution in [1.82, 2.24) is 0 Å². The van der Waals surface area contributed by atoms with Crippen LogP contribution >= 0.6 is 0 Å². The molecular formula is C22H29N3O. The van der Waals surface area contributed by atoms with E-state index in [0.29, 0.717) is 13.0 Å². The summed E-state index contributed by atoms with van der Waals surface area (Å²) in [7, 11) is 0. The molecular weight excluding hydrogens is 322 g/mol. The molecule has 1 saturated heterocycles. The van der Waals surface area contributed by atoms with Gasteiger partial charge >= 0.3 is 0 Å². The fraction of sp³-hybridized carbons (Fsp3) is 0.409. The number of rotatable bonds is 6. The molecule has 1 aliphatic rings. The number of carbonyl (C=O) groups excluding carboxylic acids is 1. The maximum absolute atomic E-state index is 12.1. The summed E-state index contributed by atoms with van der Waals surface area (Å²) < 4.78 is 0. The maximum Gasteiger partial charge on any atom is 0.226 e. The summed E-state index contributed by atoms with van der Waals surface area (Å²) in [5.41, 5.74) is 4.32. The number of amides is 1. The van der Waals surface area contributed by atoms with Crippen molar-refractivity contribution in [3.05, 3.63) is 54.1 Å². The number of benzene rings is 2. The fourth-order valence-corrected chi connectivity index (χ4v) is 3.30. The van der Waals surface area contributed by atoms with Crippen LogP contribution in [-0.4, -0.2) is 25.5 Å². The average molecular weight is 351 g/mol. The standard InChI is InChI=1S/C22H29N3O/c1-17-12-15-25(16-13-17)20-9-7-19(8-10-20)23-14-11-22(26)24-21-6-4-3-5-18(21)2/h3-10,17,23H,11-16H2,1-2H3,(H,24,26). The molecule has 0 spiro atoms. The van der Waals surface area contributed by atoms with Gasteiger partial charge in [-0.15, -0.1) is 0 Å². The molecule has 0 radical (unpaired) electrons. The van der Waals surface area contributed by atoms with Crippen LogP contribution in [0.25, 0.3) is 0 Å². The summed E-state index contributed by atoms with van der Waals surface area (Å²) >= 11 is 0. The second-order valence-electron chi connectivity index (χ2n) is 7.26. The van der Waals surface area contributed by atoms with E-state index >= 15 is 0 Å². The Labute approximate surface area is 156 Å². The summed E-state index contributed by atoms with van der Waals surface area (Å²) in [4.78, 5) is 14.5. The Bertz CT molecular complexity index is 718.